The standard InChI is InChI=1S/C6H8N2.C3H3N3/c7-8-6-4-2-1-3-5-6;1-2-4-6-5-3-1/h1-5,8H,7H2;1-3H. The van der Waals surface area contributed by atoms with Crippen molar-refractivity contribution in [2.24, 2.45) is 5.84 Å². The number of hydrogen-bond donors (Lipinski definition) is 2. The molecule has 0 aliphatic carbocycles. The summed E-state index contributed by atoms with van der Waals surface area (Å²) in [5, 5.41) is 10.1. The quantitative estimate of drug-likeness (QED) is 0.513. The Morgan fingerprint density at radius 1 is 0.929 bits per heavy atom. The van der Waals surface area contributed by atoms with Crippen LogP contribution in [0.25, 0.3) is 0 Å². The van der Waals surface area contributed by atoms with Crippen molar-refractivity contribution in [1.29, 1.82) is 0 Å². The van der Waals surface area contributed by atoms with Crippen molar-refractivity contribution in [3.63, 3.8) is 0 Å². The van der Waals surface area contributed by atoms with Crippen LogP contribution in [0.3, 0.4) is 0 Å². The van der Waals surface area contributed by atoms with E-state index in [4.69, 9.17) is 5.84 Å². The maximum atomic E-state index is 5.10. The number of benzene rings is 1. The summed E-state index contributed by atoms with van der Waals surface area (Å²) in [6.07, 6.45) is 3.15. The molecule has 0 unspecified atom stereocenters. The lowest BCUT2D eigenvalue weighted by Crippen LogP contribution is -2.05. The van der Waals surface area contributed by atoms with Gasteiger partial charge in [-0.25, -0.2) is 0 Å². The van der Waals surface area contributed by atoms with E-state index in [-0.39, 0.29) is 0 Å². The molecule has 0 saturated carbocycles. The van der Waals surface area contributed by atoms with Crippen molar-refractivity contribution >= 4 is 5.69 Å². The Balaban J connectivity index is 0.000000146. The van der Waals surface area contributed by atoms with Gasteiger partial charge in [-0.05, 0) is 23.4 Å². The van der Waals surface area contributed by atoms with Crippen LogP contribution < -0.4 is 11.3 Å². The number of nitrogen functional groups attached to an aromatic ring is 1. The van der Waals surface area contributed by atoms with Gasteiger partial charge in [0.1, 0.15) is 0 Å². The van der Waals surface area contributed by atoms with Crippen LogP contribution in [0.4, 0.5) is 5.69 Å². The first-order valence-corrected chi connectivity index (χ1v) is 4.03. The number of rotatable bonds is 1. The van der Waals surface area contributed by atoms with E-state index < -0.39 is 0 Å². The summed E-state index contributed by atoms with van der Waals surface area (Å²) in [6.45, 7) is 0. The number of nitrogens with zero attached hydrogens (tertiary/aromatic N) is 3. The minimum atomic E-state index is 0.938. The number of nitrogens with one attached hydrogen (secondary N) is 1. The predicted molar refractivity (Wildman–Crippen MR) is 54.1 cm³/mol. The second-order valence-corrected chi connectivity index (χ2v) is 2.32. The number of para-hydroxylation sites is 1. The Morgan fingerprint density at radius 2 is 1.57 bits per heavy atom. The average molecular weight is 189 g/mol. The highest BCUT2D eigenvalue weighted by atomic mass is 15.3. The second-order valence-electron chi connectivity index (χ2n) is 2.32. The predicted octanol–water partition coefficient (Wildman–Crippen LogP) is 0.844. The summed E-state index contributed by atoms with van der Waals surface area (Å²) in [5.74, 6) is 5.10. The van der Waals surface area contributed by atoms with Gasteiger partial charge < -0.3 is 5.43 Å². The van der Waals surface area contributed by atoms with Gasteiger partial charge in [-0.1, -0.05) is 18.2 Å². The first-order chi connectivity index (χ1) is 6.93. The Morgan fingerprint density at radius 3 is 1.86 bits per heavy atom. The van der Waals surface area contributed by atoms with Crippen molar-refractivity contribution in [1.82, 2.24) is 15.4 Å². The van der Waals surface area contributed by atoms with E-state index in [0.29, 0.717) is 0 Å². The summed E-state index contributed by atoms with van der Waals surface area (Å²) in [4.78, 5) is 0. The lowest BCUT2D eigenvalue weighted by Gasteiger charge is -1.94. The zero-order valence-corrected chi connectivity index (χ0v) is 7.54. The summed E-state index contributed by atoms with van der Waals surface area (Å²) in [5.41, 5.74) is 3.46. The molecule has 0 radical (unpaired) electrons. The molecule has 1 aromatic heterocycles. The zero-order valence-electron chi connectivity index (χ0n) is 7.54. The fraction of sp³-hybridized carbons (Fsp3) is 0. The van der Waals surface area contributed by atoms with Gasteiger partial charge in [-0.15, -0.1) is 10.2 Å². The van der Waals surface area contributed by atoms with E-state index in [1.807, 2.05) is 30.3 Å². The first kappa shape index (κ1) is 10.1. The monoisotopic (exact) mass is 189 g/mol. The third-order valence-corrected chi connectivity index (χ3v) is 1.35. The average Bonchev–Trinajstić information content (AvgIpc) is 2.33. The summed E-state index contributed by atoms with van der Waals surface area (Å²) in [7, 11) is 0. The van der Waals surface area contributed by atoms with Gasteiger partial charge in [0.05, 0.1) is 12.4 Å². The smallest absolute Gasteiger partial charge is 0.0529 e. The molecule has 0 amide bonds. The Bertz CT molecular complexity index is 297. The minimum Gasteiger partial charge on any atom is -0.324 e. The topological polar surface area (TPSA) is 76.7 Å². The molecular weight excluding hydrogens is 178 g/mol. The molecule has 5 heteroatoms. The molecular formula is C9H11N5. The van der Waals surface area contributed by atoms with Gasteiger partial charge in [0.15, 0.2) is 0 Å². The third kappa shape index (κ3) is 4.13. The maximum absolute atomic E-state index is 5.10. The molecule has 0 spiro atoms. The van der Waals surface area contributed by atoms with Crippen LogP contribution in [0.5, 0.6) is 0 Å². The van der Waals surface area contributed by atoms with Crippen molar-refractivity contribution in [2.45, 2.75) is 0 Å². The maximum Gasteiger partial charge on any atom is 0.0529 e. The second kappa shape index (κ2) is 6.50. The van der Waals surface area contributed by atoms with E-state index in [9.17, 15) is 0 Å². The van der Waals surface area contributed by atoms with Gasteiger partial charge in [0, 0.05) is 5.69 Å². The van der Waals surface area contributed by atoms with E-state index in [2.05, 4.69) is 20.8 Å². The molecule has 5 nitrogen and oxygen atoms in total. The number of hydrogen-bond acceptors (Lipinski definition) is 5. The highest BCUT2D eigenvalue weighted by Crippen LogP contribution is 2.00. The third-order valence-electron chi connectivity index (χ3n) is 1.35. The minimum absolute atomic E-state index is 0.938. The van der Waals surface area contributed by atoms with Gasteiger partial charge >= 0.3 is 0 Å². The van der Waals surface area contributed by atoms with E-state index >= 15 is 0 Å². The Kier molecular flexibility index (Phi) is 4.68. The normalized spacial score (nSPS) is 8.36. The van der Waals surface area contributed by atoms with Crippen LogP contribution in [-0.4, -0.2) is 15.4 Å². The molecule has 0 saturated heterocycles. The van der Waals surface area contributed by atoms with Crippen LogP contribution in [0.2, 0.25) is 0 Å². The van der Waals surface area contributed by atoms with Crippen LogP contribution in [0, 0.1) is 0 Å². The van der Waals surface area contributed by atoms with Crippen LogP contribution >= 0.6 is 0 Å². The molecule has 2 rings (SSSR count). The molecule has 1 aromatic carbocycles. The first-order valence-electron chi connectivity index (χ1n) is 4.03. The summed E-state index contributed by atoms with van der Waals surface area (Å²) >= 11 is 0. The molecule has 0 bridgehead atoms. The Hall–Kier alpha value is -2.01. The zero-order chi connectivity index (χ0) is 10.1. The molecule has 0 atom stereocenters. The van der Waals surface area contributed by atoms with E-state index in [0.717, 1.165) is 5.69 Å². The highest BCUT2D eigenvalue weighted by molar-refractivity contribution is 5.40. The summed E-state index contributed by atoms with van der Waals surface area (Å²) in [6, 6.07) is 11.3. The summed E-state index contributed by atoms with van der Waals surface area (Å²) < 4.78 is 0. The van der Waals surface area contributed by atoms with E-state index in [1.165, 1.54) is 0 Å². The van der Waals surface area contributed by atoms with Gasteiger partial charge in [0.25, 0.3) is 0 Å². The largest absolute Gasteiger partial charge is 0.324 e. The SMILES string of the molecule is NNc1ccccc1.c1cnnnc1. The van der Waals surface area contributed by atoms with Crippen LogP contribution in [-0.2, 0) is 0 Å². The van der Waals surface area contributed by atoms with E-state index in [1.54, 1.807) is 18.5 Å². The van der Waals surface area contributed by atoms with Gasteiger partial charge in [-0.3, -0.25) is 5.84 Å². The number of aromatic nitrogens is 3. The fourth-order valence-corrected chi connectivity index (χ4v) is 0.739. The van der Waals surface area contributed by atoms with Gasteiger partial charge in [-0.2, -0.15) is 0 Å². The fourth-order valence-electron chi connectivity index (χ4n) is 0.739. The van der Waals surface area contributed by atoms with Crippen molar-refractivity contribution in [3.05, 3.63) is 48.8 Å². The van der Waals surface area contributed by atoms with Crippen LogP contribution in [0.15, 0.2) is 48.8 Å². The highest BCUT2D eigenvalue weighted by Gasteiger charge is 1.78. The van der Waals surface area contributed by atoms with Crippen LogP contribution in [0.1, 0.15) is 0 Å². The lowest BCUT2D eigenvalue weighted by atomic mass is 10.3. The molecule has 0 fully saturated rings. The number of anilines is 1. The van der Waals surface area contributed by atoms with Crippen molar-refractivity contribution < 1.29 is 0 Å². The molecule has 72 valence electrons. The Labute approximate surface area is 82.0 Å². The molecule has 14 heavy (non-hydrogen) atoms. The molecule has 1 heterocycles. The molecule has 2 aromatic rings. The molecule has 0 aliphatic rings. The molecule has 0 aliphatic heterocycles. The lowest BCUT2D eigenvalue weighted by molar-refractivity contribution is 0.865. The molecule has 3 N–H and O–H groups in total. The number of nitrogens with two attached hydrogens (primary N) is 1. The number of hydrazine groups is 1. The van der Waals surface area contributed by atoms with Crippen molar-refractivity contribution in [2.75, 3.05) is 5.43 Å². The van der Waals surface area contributed by atoms with Gasteiger partial charge in [0.2, 0.25) is 0 Å². The van der Waals surface area contributed by atoms with Crippen molar-refractivity contribution in [3.8, 4) is 0 Å².